The van der Waals surface area contributed by atoms with Gasteiger partial charge in [-0.25, -0.2) is 17.8 Å². The molecule has 2 heterocycles. The quantitative estimate of drug-likeness (QED) is 0.413. The number of aromatic nitrogens is 2. The van der Waals surface area contributed by atoms with Gasteiger partial charge in [0.2, 0.25) is 5.13 Å². The van der Waals surface area contributed by atoms with Gasteiger partial charge < -0.3 is 16.0 Å². The molecule has 1 unspecified atom stereocenters. The largest absolute Gasteiger partial charge is 0.384 e. The lowest BCUT2D eigenvalue weighted by Crippen LogP contribution is -2.31. The molecule has 1 atom stereocenters. The molecule has 28 heavy (non-hydrogen) atoms. The first-order valence-electron chi connectivity index (χ1n) is 8.92. The van der Waals surface area contributed by atoms with Crippen molar-refractivity contribution in [3.8, 4) is 0 Å². The number of nitrogens with zero attached hydrogens (tertiary/aromatic N) is 2. The summed E-state index contributed by atoms with van der Waals surface area (Å²) in [5.41, 5.74) is 0.363. The zero-order chi connectivity index (χ0) is 20.0. The monoisotopic (exact) mass is 448 g/mol. The fraction of sp³-hybridized carbons (Fsp3) is 0.500. The van der Waals surface area contributed by atoms with Gasteiger partial charge in [0.25, 0.3) is 10.0 Å². The second-order valence-corrected chi connectivity index (χ2v) is 9.23. The highest BCUT2D eigenvalue weighted by atomic mass is 35.5. The Balaban J connectivity index is 1.51. The Kier molecular flexibility index (Phi) is 7.41. The van der Waals surface area contributed by atoms with Gasteiger partial charge in [-0.05, 0) is 44.5 Å². The molecule has 3 rings (SSSR count). The Hall–Kier alpha value is -1.53. The second kappa shape index (κ2) is 9.79. The summed E-state index contributed by atoms with van der Waals surface area (Å²) >= 11 is 7.00. The van der Waals surface area contributed by atoms with Crippen LogP contribution in [0.3, 0.4) is 0 Å². The summed E-state index contributed by atoms with van der Waals surface area (Å²) in [5, 5.41) is 10.0. The van der Waals surface area contributed by atoms with E-state index in [1.165, 1.54) is 6.33 Å². The van der Waals surface area contributed by atoms with Gasteiger partial charge in [-0.2, -0.15) is 4.37 Å². The van der Waals surface area contributed by atoms with Crippen LogP contribution in [-0.4, -0.2) is 50.0 Å². The summed E-state index contributed by atoms with van der Waals surface area (Å²) in [6, 6.07) is 2.73. The number of sulfonamides is 1. The maximum absolute atomic E-state index is 14.4. The lowest BCUT2D eigenvalue weighted by molar-refractivity contribution is 0.530. The molecule has 154 valence electrons. The normalized spacial score (nSPS) is 17.0. The summed E-state index contributed by atoms with van der Waals surface area (Å²) in [6.45, 7) is 3.60. The third-order valence-corrected chi connectivity index (χ3v) is 6.68. The predicted molar refractivity (Wildman–Crippen MR) is 109 cm³/mol. The molecule has 1 aliphatic heterocycles. The Labute approximate surface area is 172 Å². The van der Waals surface area contributed by atoms with E-state index >= 15 is 0 Å². The van der Waals surface area contributed by atoms with Crippen molar-refractivity contribution < 1.29 is 12.8 Å². The molecule has 1 aromatic carbocycles. The molecule has 12 heteroatoms. The van der Waals surface area contributed by atoms with Crippen molar-refractivity contribution in [1.29, 1.82) is 0 Å². The number of benzene rings is 1. The van der Waals surface area contributed by atoms with Gasteiger partial charge in [-0.3, -0.25) is 4.72 Å². The van der Waals surface area contributed by atoms with Crippen molar-refractivity contribution >= 4 is 44.0 Å². The van der Waals surface area contributed by atoms with Crippen LogP contribution in [0.1, 0.15) is 19.3 Å². The summed E-state index contributed by atoms with van der Waals surface area (Å²) in [4.78, 5) is 3.19. The molecule has 0 amide bonds. The molecule has 0 radical (unpaired) electrons. The highest BCUT2D eigenvalue weighted by Crippen LogP contribution is 2.29. The first-order chi connectivity index (χ1) is 13.5. The highest BCUT2D eigenvalue weighted by Gasteiger charge is 2.22. The van der Waals surface area contributed by atoms with Gasteiger partial charge in [0.1, 0.15) is 17.0 Å². The van der Waals surface area contributed by atoms with E-state index < -0.39 is 20.7 Å². The fourth-order valence-electron chi connectivity index (χ4n) is 2.87. The smallest absolute Gasteiger partial charge is 0.266 e. The number of halogens is 2. The van der Waals surface area contributed by atoms with Crippen LogP contribution in [0.25, 0.3) is 0 Å². The minimum absolute atomic E-state index is 0.0553. The number of hydrogen-bond donors (Lipinski definition) is 4. The number of rotatable bonds is 10. The van der Waals surface area contributed by atoms with E-state index in [9.17, 15) is 12.8 Å². The molecule has 1 fully saturated rings. The van der Waals surface area contributed by atoms with Crippen LogP contribution in [0.15, 0.2) is 23.4 Å². The number of hydrogen-bond acceptors (Lipinski definition) is 8. The van der Waals surface area contributed by atoms with Crippen LogP contribution < -0.4 is 20.7 Å². The van der Waals surface area contributed by atoms with Crippen LogP contribution in [0, 0.1) is 5.82 Å². The molecule has 0 spiro atoms. The number of nitrogens with one attached hydrogen (secondary N) is 4. The summed E-state index contributed by atoms with van der Waals surface area (Å²) in [7, 11) is -4.14. The molecule has 1 aromatic heterocycles. The van der Waals surface area contributed by atoms with Crippen LogP contribution in [0.4, 0.5) is 15.2 Å². The lowest BCUT2D eigenvalue weighted by atomic mass is 10.2. The van der Waals surface area contributed by atoms with E-state index in [4.69, 9.17) is 11.6 Å². The van der Waals surface area contributed by atoms with Crippen molar-refractivity contribution in [3.05, 3.63) is 29.3 Å². The zero-order valence-corrected chi connectivity index (χ0v) is 17.4. The molecule has 4 N–H and O–H groups in total. The van der Waals surface area contributed by atoms with Gasteiger partial charge in [0.15, 0.2) is 0 Å². The van der Waals surface area contributed by atoms with E-state index in [1.807, 2.05) is 0 Å². The van der Waals surface area contributed by atoms with Gasteiger partial charge in [0.05, 0.1) is 10.7 Å². The van der Waals surface area contributed by atoms with Gasteiger partial charge >= 0.3 is 0 Å². The molecule has 0 saturated carbocycles. The molecule has 0 bridgehead atoms. The Morgan fingerprint density at radius 1 is 1.32 bits per heavy atom. The van der Waals surface area contributed by atoms with E-state index in [0.717, 1.165) is 62.6 Å². The van der Waals surface area contributed by atoms with Crippen molar-refractivity contribution in [3.63, 3.8) is 0 Å². The molecule has 0 aliphatic carbocycles. The third-order valence-electron chi connectivity index (χ3n) is 4.31. The van der Waals surface area contributed by atoms with E-state index in [-0.39, 0.29) is 10.2 Å². The zero-order valence-electron chi connectivity index (χ0n) is 15.0. The van der Waals surface area contributed by atoms with E-state index in [1.54, 1.807) is 0 Å². The SMILES string of the molecule is O=S(=O)(Nc1ncns1)c1cc(Cl)c(NCCCCNC2CCNC2)cc1F. The molecule has 1 saturated heterocycles. The predicted octanol–water partition coefficient (Wildman–Crippen LogP) is 2.28. The number of anilines is 2. The van der Waals surface area contributed by atoms with Gasteiger partial charge in [-0.1, -0.05) is 11.6 Å². The fourth-order valence-corrected chi connectivity index (χ4v) is 4.91. The number of unbranched alkanes of at least 4 members (excludes halogenated alkanes) is 1. The molecule has 8 nitrogen and oxygen atoms in total. The van der Waals surface area contributed by atoms with Gasteiger partial charge in [-0.15, -0.1) is 0 Å². The molecular weight excluding hydrogens is 427 g/mol. The topological polar surface area (TPSA) is 108 Å². The summed E-state index contributed by atoms with van der Waals surface area (Å²) in [6.07, 6.45) is 4.21. The third kappa shape index (κ3) is 5.74. The van der Waals surface area contributed by atoms with Crippen LogP contribution in [0.5, 0.6) is 0 Å². The molecular formula is C16H22ClFN6O2S2. The summed E-state index contributed by atoms with van der Waals surface area (Å²) in [5.74, 6) is -0.890. The Morgan fingerprint density at radius 3 is 2.86 bits per heavy atom. The van der Waals surface area contributed by atoms with E-state index in [0.29, 0.717) is 18.3 Å². The first kappa shape index (κ1) is 21.2. The lowest BCUT2D eigenvalue weighted by Gasteiger charge is -2.13. The van der Waals surface area contributed by atoms with Gasteiger partial charge in [0, 0.05) is 30.7 Å². The van der Waals surface area contributed by atoms with Crippen LogP contribution >= 0.6 is 23.1 Å². The highest BCUT2D eigenvalue weighted by molar-refractivity contribution is 7.93. The minimum Gasteiger partial charge on any atom is -0.384 e. The average molecular weight is 449 g/mol. The van der Waals surface area contributed by atoms with Crippen LogP contribution in [-0.2, 0) is 10.0 Å². The second-order valence-electron chi connectivity index (χ2n) is 6.39. The molecule has 1 aliphatic rings. The minimum atomic E-state index is -4.14. The standard InChI is InChI=1S/C16H22ClFN6O2S2/c17-12-7-15(28(25,26)24-16-22-10-23-27-16)13(18)8-14(12)21-5-2-1-4-20-11-3-6-19-9-11/h7-8,10-11,19-21H,1-6,9H2,(H,22,23,24). The summed E-state index contributed by atoms with van der Waals surface area (Å²) < 4.78 is 44.9. The maximum atomic E-state index is 14.4. The van der Waals surface area contributed by atoms with E-state index in [2.05, 4.69) is 30.0 Å². The van der Waals surface area contributed by atoms with Crippen LogP contribution in [0.2, 0.25) is 5.02 Å². The van der Waals surface area contributed by atoms with Crippen molar-refractivity contribution in [2.24, 2.45) is 0 Å². The van der Waals surface area contributed by atoms with Crippen molar-refractivity contribution in [2.75, 3.05) is 36.2 Å². The Morgan fingerprint density at radius 2 is 2.14 bits per heavy atom. The maximum Gasteiger partial charge on any atom is 0.266 e. The Bertz CT molecular complexity index is 876. The molecule has 2 aromatic rings. The van der Waals surface area contributed by atoms with Crippen molar-refractivity contribution in [1.82, 2.24) is 20.0 Å². The van der Waals surface area contributed by atoms with Crippen molar-refractivity contribution in [2.45, 2.75) is 30.2 Å². The first-order valence-corrected chi connectivity index (χ1v) is 11.6. The average Bonchev–Trinajstić information content (AvgIpc) is 3.34.